The van der Waals surface area contributed by atoms with Crippen molar-refractivity contribution in [2.75, 3.05) is 0 Å². The van der Waals surface area contributed by atoms with Gasteiger partial charge < -0.3 is 4.57 Å². The molecule has 0 fully saturated rings. The standard InChI is InChI=1S/C21H17BrN2O/c1-14-4-3-5-17(10-14)20-11-15(2)19(12-23)21(25)24(20)13-16-6-8-18(22)9-7-16/h3-11H,13H2,1-2H3. The Labute approximate surface area is 155 Å². The lowest BCUT2D eigenvalue weighted by molar-refractivity contribution is 0.763. The fraction of sp³-hybridized carbons (Fsp3) is 0.143. The van der Waals surface area contributed by atoms with Crippen LogP contribution in [0.15, 0.2) is 63.9 Å². The molecule has 0 saturated carbocycles. The lowest BCUT2D eigenvalue weighted by Gasteiger charge is -2.16. The van der Waals surface area contributed by atoms with Crippen molar-refractivity contribution in [1.29, 1.82) is 5.26 Å². The van der Waals surface area contributed by atoms with Gasteiger partial charge in [0.2, 0.25) is 0 Å². The molecule has 0 N–H and O–H groups in total. The van der Waals surface area contributed by atoms with Gasteiger partial charge in [-0.3, -0.25) is 4.79 Å². The molecule has 0 unspecified atom stereocenters. The monoisotopic (exact) mass is 392 g/mol. The molecule has 0 radical (unpaired) electrons. The van der Waals surface area contributed by atoms with Crippen molar-refractivity contribution >= 4 is 15.9 Å². The molecule has 4 heteroatoms. The predicted molar refractivity (Wildman–Crippen MR) is 104 cm³/mol. The fourth-order valence-corrected chi connectivity index (χ4v) is 3.14. The van der Waals surface area contributed by atoms with Crippen LogP contribution in [0.4, 0.5) is 0 Å². The van der Waals surface area contributed by atoms with Crippen molar-refractivity contribution in [3.63, 3.8) is 0 Å². The molecule has 124 valence electrons. The predicted octanol–water partition coefficient (Wildman–Crippen LogP) is 4.81. The number of aromatic nitrogens is 1. The second kappa shape index (κ2) is 7.08. The number of halogens is 1. The first-order valence-corrected chi connectivity index (χ1v) is 8.75. The van der Waals surface area contributed by atoms with Crippen LogP contribution < -0.4 is 5.56 Å². The average molecular weight is 393 g/mol. The molecule has 25 heavy (non-hydrogen) atoms. The summed E-state index contributed by atoms with van der Waals surface area (Å²) in [4.78, 5) is 12.9. The van der Waals surface area contributed by atoms with Gasteiger partial charge in [0, 0.05) is 4.47 Å². The van der Waals surface area contributed by atoms with Gasteiger partial charge in [0.05, 0.1) is 12.2 Å². The van der Waals surface area contributed by atoms with Crippen molar-refractivity contribution in [3.8, 4) is 17.3 Å². The highest BCUT2D eigenvalue weighted by molar-refractivity contribution is 9.10. The van der Waals surface area contributed by atoms with Gasteiger partial charge >= 0.3 is 0 Å². The number of hydrogen-bond acceptors (Lipinski definition) is 2. The van der Waals surface area contributed by atoms with Crippen LogP contribution in [0.5, 0.6) is 0 Å². The largest absolute Gasteiger partial charge is 0.303 e. The summed E-state index contributed by atoms with van der Waals surface area (Å²) in [6, 6.07) is 19.9. The number of rotatable bonds is 3. The summed E-state index contributed by atoms with van der Waals surface area (Å²) >= 11 is 3.43. The van der Waals surface area contributed by atoms with Gasteiger partial charge in [0.15, 0.2) is 0 Å². The first-order valence-electron chi connectivity index (χ1n) is 7.95. The Kier molecular flexibility index (Phi) is 4.87. The first-order chi connectivity index (χ1) is 12.0. The van der Waals surface area contributed by atoms with E-state index in [0.717, 1.165) is 26.9 Å². The van der Waals surface area contributed by atoms with Crippen LogP contribution in [-0.4, -0.2) is 4.57 Å². The molecule has 0 aliphatic heterocycles. The Hall–Kier alpha value is -2.64. The Morgan fingerprint density at radius 3 is 2.44 bits per heavy atom. The van der Waals surface area contributed by atoms with Crippen LogP contribution in [0, 0.1) is 25.2 Å². The summed E-state index contributed by atoms with van der Waals surface area (Å²) in [6.45, 7) is 4.25. The SMILES string of the molecule is Cc1cccc(-c2cc(C)c(C#N)c(=O)n2Cc2ccc(Br)cc2)c1. The Bertz CT molecular complexity index is 1030. The molecule has 0 amide bonds. The lowest BCUT2D eigenvalue weighted by Crippen LogP contribution is -2.25. The third-order valence-corrected chi connectivity index (χ3v) is 4.71. The number of pyridine rings is 1. The first kappa shape index (κ1) is 17.2. The zero-order valence-corrected chi connectivity index (χ0v) is 15.7. The third kappa shape index (κ3) is 3.57. The van der Waals surface area contributed by atoms with Gasteiger partial charge in [-0.25, -0.2) is 0 Å². The molecule has 1 aromatic heterocycles. The van der Waals surface area contributed by atoms with E-state index in [1.807, 2.05) is 68.4 Å². The van der Waals surface area contributed by atoms with Gasteiger partial charge in [-0.15, -0.1) is 0 Å². The van der Waals surface area contributed by atoms with E-state index < -0.39 is 0 Å². The van der Waals surface area contributed by atoms with Gasteiger partial charge in [-0.2, -0.15) is 5.26 Å². The smallest absolute Gasteiger partial charge is 0.269 e. The number of nitriles is 1. The number of aryl methyl sites for hydroxylation is 2. The van der Waals surface area contributed by atoms with Crippen LogP contribution in [-0.2, 0) is 6.54 Å². The van der Waals surface area contributed by atoms with Crippen molar-refractivity contribution in [2.45, 2.75) is 20.4 Å². The molecule has 0 spiro atoms. The van der Waals surface area contributed by atoms with Crippen molar-refractivity contribution in [3.05, 3.63) is 91.7 Å². The van der Waals surface area contributed by atoms with Crippen molar-refractivity contribution < 1.29 is 0 Å². The van der Waals surface area contributed by atoms with Gasteiger partial charge in [0.25, 0.3) is 5.56 Å². The molecule has 0 aliphatic rings. The maximum Gasteiger partial charge on any atom is 0.269 e. The maximum atomic E-state index is 12.9. The van der Waals surface area contributed by atoms with E-state index in [2.05, 4.69) is 22.0 Å². The summed E-state index contributed by atoms with van der Waals surface area (Å²) in [6.07, 6.45) is 0. The van der Waals surface area contributed by atoms with E-state index >= 15 is 0 Å². The van der Waals surface area contributed by atoms with E-state index in [9.17, 15) is 10.1 Å². The van der Waals surface area contributed by atoms with Crippen LogP contribution >= 0.6 is 15.9 Å². The fourth-order valence-electron chi connectivity index (χ4n) is 2.88. The number of benzene rings is 2. The average Bonchev–Trinajstić information content (AvgIpc) is 2.59. The van der Waals surface area contributed by atoms with Gasteiger partial charge in [-0.05, 0) is 54.8 Å². The van der Waals surface area contributed by atoms with E-state index in [-0.39, 0.29) is 11.1 Å². The molecule has 3 rings (SSSR count). The number of hydrogen-bond donors (Lipinski definition) is 0. The van der Waals surface area contributed by atoms with Crippen molar-refractivity contribution in [2.24, 2.45) is 0 Å². The molecular formula is C21H17BrN2O. The van der Waals surface area contributed by atoms with E-state index in [1.165, 1.54) is 0 Å². The highest BCUT2D eigenvalue weighted by Crippen LogP contribution is 2.23. The zero-order valence-electron chi connectivity index (χ0n) is 14.1. The molecule has 0 saturated heterocycles. The Morgan fingerprint density at radius 2 is 1.80 bits per heavy atom. The lowest BCUT2D eigenvalue weighted by atomic mass is 10.0. The third-order valence-electron chi connectivity index (χ3n) is 4.18. The minimum absolute atomic E-state index is 0.202. The summed E-state index contributed by atoms with van der Waals surface area (Å²) in [7, 11) is 0. The van der Waals surface area contributed by atoms with Crippen LogP contribution in [0.25, 0.3) is 11.3 Å². The second-order valence-electron chi connectivity index (χ2n) is 6.09. The zero-order chi connectivity index (χ0) is 18.0. The summed E-state index contributed by atoms with van der Waals surface area (Å²) in [5.74, 6) is 0. The molecule has 0 aliphatic carbocycles. The number of nitrogens with zero attached hydrogens (tertiary/aromatic N) is 2. The van der Waals surface area contributed by atoms with E-state index in [1.54, 1.807) is 4.57 Å². The molecule has 2 aromatic carbocycles. The maximum absolute atomic E-state index is 12.9. The second-order valence-corrected chi connectivity index (χ2v) is 7.00. The molecule has 0 atom stereocenters. The summed E-state index contributed by atoms with van der Waals surface area (Å²) in [5.41, 5.74) is 4.59. The molecule has 1 heterocycles. The van der Waals surface area contributed by atoms with Crippen LogP contribution in [0.3, 0.4) is 0 Å². The van der Waals surface area contributed by atoms with Gasteiger partial charge in [0.1, 0.15) is 11.6 Å². The van der Waals surface area contributed by atoms with Crippen LogP contribution in [0.2, 0.25) is 0 Å². The molecular weight excluding hydrogens is 376 g/mol. The highest BCUT2D eigenvalue weighted by atomic mass is 79.9. The Morgan fingerprint density at radius 1 is 1.08 bits per heavy atom. The summed E-state index contributed by atoms with van der Waals surface area (Å²) < 4.78 is 2.67. The van der Waals surface area contributed by atoms with E-state index in [0.29, 0.717) is 12.1 Å². The quantitative estimate of drug-likeness (QED) is 0.641. The van der Waals surface area contributed by atoms with Crippen LogP contribution in [0.1, 0.15) is 22.3 Å². The van der Waals surface area contributed by atoms with Crippen molar-refractivity contribution in [1.82, 2.24) is 4.57 Å². The molecule has 0 bridgehead atoms. The topological polar surface area (TPSA) is 45.8 Å². The minimum Gasteiger partial charge on any atom is -0.303 e. The summed E-state index contributed by atoms with van der Waals surface area (Å²) in [5, 5.41) is 9.36. The normalized spacial score (nSPS) is 10.5. The minimum atomic E-state index is -0.248. The highest BCUT2D eigenvalue weighted by Gasteiger charge is 2.14. The molecule has 3 aromatic rings. The van der Waals surface area contributed by atoms with E-state index in [4.69, 9.17) is 0 Å². The Balaban J connectivity index is 2.22. The molecule has 3 nitrogen and oxygen atoms in total. The van der Waals surface area contributed by atoms with Gasteiger partial charge in [-0.1, -0.05) is 51.8 Å².